The van der Waals surface area contributed by atoms with E-state index in [2.05, 4.69) is 37.3 Å². The summed E-state index contributed by atoms with van der Waals surface area (Å²) in [5.74, 6) is 0.715. The van der Waals surface area contributed by atoms with Crippen LogP contribution in [0.3, 0.4) is 0 Å². The maximum Gasteiger partial charge on any atom is 0.184 e. The number of para-hydroxylation sites is 1. The molecule has 4 rings (SSSR count). The Kier molecular flexibility index (Phi) is 5.46. The fourth-order valence-electron chi connectivity index (χ4n) is 3.02. The van der Waals surface area contributed by atoms with E-state index in [-0.39, 0.29) is 0 Å². The molecule has 0 saturated carbocycles. The van der Waals surface area contributed by atoms with Gasteiger partial charge in [0.2, 0.25) is 0 Å². The molecule has 0 aliphatic heterocycles. The lowest BCUT2D eigenvalue weighted by molar-refractivity contribution is 0.403. The normalized spacial score (nSPS) is 11.3. The summed E-state index contributed by atoms with van der Waals surface area (Å²) in [5, 5.41) is 4.90. The lowest BCUT2D eigenvalue weighted by atomic mass is 10.0. The molecule has 0 atom stereocenters. The van der Waals surface area contributed by atoms with Crippen molar-refractivity contribution >= 4 is 56.9 Å². The first-order valence-electron chi connectivity index (χ1n) is 8.57. The van der Waals surface area contributed by atoms with Gasteiger partial charge in [0.05, 0.1) is 21.1 Å². The minimum atomic E-state index is 0.523. The minimum absolute atomic E-state index is 0.523. The maximum absolute atomic E-state index is 6.30. The van der Waals surface area contributed by atoms with Crippen LogP contribution in [0.5, 0.6) is 0 Å². The summed E-state index contributed by atoms with van der Waals surface area (Å²) in [6.07, 6.45) is 3.36. The van der Waals surface area contributed by atoms with E-state index in [0.29, 0.717) is 15.3 Å². The topological polar surface area (TPSA) is 53.9 Å². The average Bonchev–Trinajstić information content (AvgIpc) is 3.09. The van der Waals surface area contributed by atoms with E-state index in [1.165, 1.54) is 11.3 Å². The zero-order valence-electron chi connectivity index (χ0n) is 15.3. The summed E-state index contributed by atoms with van der Waals surface area (Å²) in [6, 6.07) is 11.8. The Hall–Kier alpha value is -2.25. The number of nitrogens with zero attached hydrogens (tertiary/aromatic N) is 4. The summed E-state index contributed by atoms with van der Waals surface area (Å²) < 4.78 is 0.523. The molecule has 0 radical (unpaired) electrons. The Bertz CT molecular complexity index is 1140. The van der Waals surface area contributed by atoms with E-state index < -0.39 is 0 Å². The molecule has 0 spiro atoms. The maximum atomic E-state index is 6.30. The molecule has 4 aromatic rings. The number of hydrogen-bond acceptors (Lipinski definition) is 6. The molecule has 0 unspecified atom stereocenters. The summed E-state index contributed by atoms with van der Waals surface area (Å²) in [7, 11) is 4.08. The number of nitrogens with one attached hydrogen (secondary N) is 1. The van der Waals surface area contributed by atoms with Gasteiger partial charge in [-0.15, -0.1) is 11.3 Å². The average molecular weight is 430 g/mol. The predicted octanol–water partition coefficient (Wildman–Crippen LogP) is 5.87. The molecule has 0 amide bonds. The van der Waals surface area contributed by atoms with Crippen molar-refractivity contribution in [1.29, 1.82) is 0 Å². The third-order valence-electron chi connectivity index (χ3n) is 4.22. The number of anilines is 2. The Morgan fingerprint density at radius 1 is 1.07 bits per heavy atom. The predicted molar refractivity (Wildman–Crippen MR) is 118 cm³/mol. The molecule has 1 N–H and O–H groups in total. The van der Waals surface area contributed by atoms with E-state index in [1.54, 1.807) is 12.5 Å². The standard InChI is InChI=1S/C20H17Cl2N5S/c1-27(2)10-12-7-14-17(8-13(12)18-9-23-20(22)28-18)24-11-25-19(14)26-16-6-4-3-5-15(16)21/h3-9,11H,10H2,1-2H3,(H,24,25,26). The number of rotatable bonds is 5. The smallest absolute Gasteiger partial charge is 0.184 e. The molecule has 0 aliphatic carbocycles. The third-order valence-corrected chi connectivity index (χ3v) is 5.69. The molecule has 0 bridgehead atoms. The Balaban J connectivity index is 1.86. The molecule has 2 aromatic carbocycles. The number of hydrogen-bond donors (Lipinski definition) is 1. The largest absolute Gasteiger partial charge is 0.338 e. The third kappa shape index (κ3) is 3.95. The van der Waals surface area contributed by atoms with E-state index >= 15 is 0 Å². The molecule has 28 heavy (non-hydrogen) atoms. The quantitative estimate of drug-likeness (QED) is 0.430. The number of benzene rings is 2. The molecular weight excluding hydrogens is 413 g/mol. The van der Waals surface area contributed by atoms with Gasteiger partial charge < -0.3 is 10.2 Å². The fourth-order valence-corrected chi connectivity index (χ4v) is 4.19. The second kappa shape index (κ2) is 8.01. The van der Waals surface area contributed by atoms with Crippen LogP contribution in [0.2, 0.25) is 9.49 Å². The molecular formula is C20H17Cl2N5S. The Labute approximate surface area is 177 Å². The lowest BCUT2D eigenvalue weighted by Crippen LogP contribution is -2.11. The van der Waals surface area contributed by atoms with Gasteiger partial charge in [-0.3, -0.25) is 0 Å². The highest BCUT2D eigenvalue weighted by atomic mass is 35.5. The SMILES string of the molecule is CN(C)Cc1cc2c(Nc3ccccc3Cl)ncnc2cc1-c1cnc(Cl)s1. The van der Waals surface area contributed by atoms with Crippen molar-refractivity contribution in [3.8, 4) is 10.4 Å². The number of halogens is 2. The zero-order chi connectivity index (χ0) is 19.7. The zero-order valence-corrected chi connectivity index (χ0v) is 17.6. The van der Waals surface area contributed by atoms with Gasteiger partial charge in [-0.25, -0.2) is 15.0 Å². The van der Waals surface area contributed by atoms with Crippen molar-refractivity contribution in [3.63, 3.8) is 0 Å². The first kappa shape index (κ1) is 19.1. The number of aromatic nitrogens is 3. The van der Waals surface area contributed by atoms with Crippen LogP contribution in [0.25, 0.3) is 21.3 Å². The van der Waals surface area contributed by atoms with E-state index in [9.17, 15) is 0 Å². The van der Waals surface area contributed by atoms with Gasteiger partial charge in [0.15, 0.2) is 4.47 Å². The van der Waals surface area contributed by atoms with Gasteiger partial charge in [-0.2, -0.15) is 0 Å². The van der Waals surface area contributed by atoms with Gasteiger partial charge >= 0.3 is 0 Å². The van der Waals surface area contributed by atoms with Crippen LogP contribution < -0.4 is 5.32 Å². The van der Waals surface area contributed by atoms with Gasteiger partial charge in [-0.1, -0.05) is 35.3 Å². The minimum Gasteiger partial charge on any atom is -0.338 e. The van der Waals surface area contributed by atoms with Crippen LogP contribution in [0.4, 0.5) is 11.5 Å². The highest BCUT2D eigenvalue weighted by Crippen LogP contribution is 2.36. The highest BCUT2D eigenvalue weighted by Gasteiger charge is 2.15. The van der Waals surface area contributed by atoms with E-state index in [4.69, 9.17) is 23.2 Å². The van der Waals surface area contributed by atoms with Crippen molar-refractivity contribution in [2.45, 2.75) is 6.54 Å². The van der Waals surface area contributed by atoms with Gasteiger partial charge in [0, 0.05) is 18.1 Å². The molecule has 2 heterocycles. The fraction of sp³-hybridized carbons (Fsp3) is 0.150. The van der Waals surface area contributed by atoms with Crippen LogP contribution in [0.15, 0.2) is 48.9 Å². The first-order chi connectivity index (χ1) is 13.5. The lowest BCUT2D eigenvalue weighted by Gasteiger charge is -2.16. The van der Waals surface area contributed by atoms with Crippen LogP contribution in [-0.4, -0.2) is 33.9 Å². The summed E-state index contributed by atoms with van der Waals surface area (Å²) in [6.45, 7) is 0.765. The molecule has 0 aliphatic rings. The highest BCUT2D eigenvalue weighted by molar-refractivity contribution is 7.18. The molecule has 8 heteroatoms. The number of thiazole rings is 1. The number of fused-ring (bicyclic) bond motifs is 1. The first-order valence-corrected chi connectivity index (χ1v) is 10.1. The van der Waals surface area contributed by atoms with Gasteiger partial charge in [-0.05, 0) is 49.5 Å². The summed E-state index contributed by atoms with van der Waals surface area (Å²) >= 11 is 13.8. The van der Waals surface area contributed by atoms with Gasteiger partial charge in [0.25, 0.3) is 0 Å². The second-order valence-corrected chi connectivity index (χ2v) is 8.59. The molecule has 142 valence electrons. The summed E-state index contributed by atoms with van der Waals surface area (Å²) in [4.78, 5) is 16.2. The van der Waals surface area contributed by atoms with Crippen molar-refractivity contribution in [2.75, 3.05) is 19.4 Å². The van der Waals surface area contributed by atoms with E-state index in [0.717, 1.165) is 39.1 Å². The monoisotopic (exact) mass is 429 g/mol. The molecule has 2 aromatic heterocycles. The van der Waals surface area contributed by atoms with Crippen molar-refractivity contribution in [2.24, 2.45) is 0 Å². The Morgan fingerprint density at radius 3 is 2.61 bits per heavy atom. The molecule has 5 nitrogen and oxygen atoms in total. The van der Waals surface area contributed by atoms with Crippen LogP contribution in [-0.2, 0) is 6.54 Å². The van der Waals surface area contributed by atoms with Crippen molar-refractivity contribution in [1.82, 2.24) is 19.9 Å². The van der Waals surface area contributed by atoms with Crippen LogP contribution >= 0.6 is 34.5 Å². The van der Waals surface area contributed by atoms with Crippen LogP contribution in [0.1, 0.15) is 5.56 Å². The van der Waals surface area contributed by atoms with Crippen molar-refractivity contribution < 1.29 is 0 Å². The Morgan fingerprint density at radius 2 is 1.89 bits per heavy atom. The van der Waals surface area contributed by atoms with Crippen LogP contribution in [0, 0.1) is 0 Å². The van der Waals surface area contributed by atoms with E-state index in [1.807, 2.05) is 38.4 Å². The van der Waals surface area contributed by atoms with Gasteiger partial charge in [0.1, 0.15) is 12.1 Å². The molecule has 0 fully saturated rings. The summed E-state index contributed by atoms with van der Waals surface area (Å²) in [5.41, 5.74) is 3.87. The van der Waals surface area contributed by atoms with Crippen molar-refractivity contribution in [3.05, 3.63) is 64.0 Å². The second-order valence-electron chi connectivity index (χ2n) is 6.57. The molecule has 0 saturated heterocycles.